The maximum absolute atomic E-state index is 16.1. The van der Waals surface area contributed by atoms with Gasteiger partial charge in [-0.05, 0) is 93.0 Å². The lowest BCUT2D eigenvalue weighted by atomic mass is 9.94. The molecule has 2 atom stereocenters. The van der Waals surface area contributed by atoms with Crippen LogP contribution >= 0.6 is 11.6 Å². The van der Waals surface area contributed by atoms with Crippen LogP contribution in [0.4, 0.5) is 13.2 Å². The lowest BCUT2D eigenvalue weighted by Gasteiger charge is -2.20. The van der Waals surface area contributed by atoms with Crippen LogP contribution < -0.4 is 5.56 Å². The summed E-state index contributed by atoms with van der Waals surface area (Å²) >= 11 is 6.60. The molecule has 1 aliphatic carbocycles. The molecule has 0 radical (unpaired) electrons. The minimum Gasteiger partial charge on any atom is -0.386 e. The van der Waals surface area contributed by atoms with Crippen molar-refractivity contribution in [2.75, 3.05) is 6.26 Å². The van der Waals surface area contributed by atoms with Crippen LogP contribution in [0.1, 0.15) is 60.1 Å². The summed E-state index contributed by atoms with van der Waals surface area (Å²) in [5, 5.41) is 10.2. The Hall–Kier alpha value is -3.47. The van der Waals surface area contributed by atoms with E-state index in [4.69, 9.17) is 11.6 Å². The molecular weight excluding hydrogens is 589 g/mol. The first-order valence-corrected chi connectivity index (χ1v) is 15.4. The van der Waals surface area contributed by atoms with Crippen molar-refractivity contribution in [1.82, 2.24) is 9.55 Å². The van der Waals surface area contributed by atoms with Crippen LogP contribution in [0.2, 0.25) is 5.02 Å². The van der Waals surface area contributed by atoms with Gasteiger partial charge in [0.15, 0.2) is 21.5 Å². The van der Waals surface area contributed by atoms with Crippen molar-refractivity contribution < 1.29 is 26.7 Å². The summed E-state index contributed by atoms with van der Waals surface area (Å²) in [5.74, 6) is -2.88. The molecule has 11 heteroatoms. The Morgan fingerprint density at radius 2 is 1.74 bits per heavy atom. The fourth-order valence-electron chi connectivity index (χ4n) is 5.44. The summed E-state index contributed by atoms with van der Waals surface area (Å²) in [6.07, 6.45) is 2.76. The van der Waals surface area contributed by atoms with Crippen LogP contribution in [0.25, 0.3) is 16.9 Å². The first-order valence-electron chi connectivity index (χ1n) is 13.1. The summed E-state index contributed by atoms with van der Waals surface area (Å²) in [6, 6.07) is 9.85. The van der Waals surface area contributed by atoms with E-state index in [0.717, 1.165) is 22.5 Å². The second-order valence-corrected chi connectivity index (χ2v) is 13.6. The van der Waals surface area contributed by atoms with Gasteiger partial charge >= 0.3 is 0 Å². The topological polar surface area (TPSA) is 89.3 Å². The number of pyridine rings is 2. The molecule has 0 bridgehead atoms. The standard InChI is InChI=1S/C31H28ClF3N2O4S/c1-15-14-36-28(18-7-6-8-24(26(18)34)42(5,40)41)27(35)29(15)37-16(2)11-21(25(32)30(37)38)20-13-19(20)17-9-10-23(33)22(12-17)31(3,4)39/h6-12,14,19-20,39H,13H2,1-5H3/t19?,20-/m1/s1. The van der Waals surface area contributed by atoms with E-state index in [-0.39, 0.29) is 39.2 Å². The molecule has 2 heterocycles. The number of aromatic nitrogens is 2. The van der Waals surface area contributed by atoms with E-state index >= 15 is 8.78 Å². The van der Waals surface area contributed by atoms with E-state index < -0.39 is 49.0 Å². The monoisotopic (exact) mass is 616 g/mol. The zero-order valence-corrected chi connectivity index (χ0v) is 25.0. The molecule has 4 aromatic rings. The van der Waals surface area contributed by atoms with Gasteiger partial charge in [-0.15, -0.1) is 0 Å². The maximum atomic E-state index is 16.1. The molecule has 2 aromatic heterocycles. The van der Waals surface area contributed by atoms with Crippen LogP contribution in [0, 0.1) is 31.3 Å². The molecule has 6 nitrogen and oxygen atoms in total. The number of rotatable bonds is 6. The molecule has 1 unspecified atom stereocenters. The molecule has 0 amide bonds. The largest absolute Gasteiger partial charge is 0.386 e. The van der Waals surface area contributed by atoms with E-state index in [1.165, 1.54) is 45.2 Å². The first kappa shape index (κ1) is 30.0. The molecule has 1 aliphatic rings. The van der Waals surface area contributed by atoms with Gasteiger partial charge in [0, 0.05) is 29.3 Å². The Balaban J connectivity index is 1.58. The summed E-state index contributed by atoms with van der Waals surface area (Å²) in [4.78, 5) is 17.1. The number of aliphatic hydroxyl groups is 1. The van der Waals surface area contributed by atoms with E-state index in [1.54, 1.807) is 25.1 Å². The molecule has 2 aromatic carbocycles. The Labute approximate surface area is 246 Å². The minimum atomic E-state index is -3.94. The van der Waals surface area contributed by atoms with Gasteiger partial charge in [-0.3, -0.25) is 14.3 Å². The molecule has 1 N–H and O–H groups in total. The van der Waals surface area contributed by atoms with Gasteiger partial charge in [0.05, 0.1) is 11.3 Å². The summed E-state index contributed by atoms with van der Waals surface area (Å²) < 4.78 is 70.8. The van der Waals surface area contributed by atoms with Crippen molar-refractivity contribution in [3.8, 4) is 16.9 Å². The maximum Gasteiger partial charge on any atom is 0.274 e. The van der Waals surface area contributed by atoms with Crippen molar-refractivity contribution in [1.29, 1.82) is 0 Å². The van der Waals surface area contributed by atoms with Gasteiger partial charge in [0.25, 0.3) is 5.56 Å². The summed E-state index contributed by atoms with van der Waals surface area (Å²) in [6.45, 7) is 6.16. The number of nitrogens with zero attached hydrogens (tertiary/aromatic N) is 2. The quantitative estimate of drug-likeness (QED) is 0.268. The molecule has 1 saturated carbocycles. The average Bonchev–Trinajstić information content (AvgIpc) is 3.68. The van der Waals surface area contributed by atoms with Crippen LogP contribution in [0.5, 0.6) is 0 Å². The SMILES string of the molecule is Cc1cnc(-c2cccc(S(C)(=O)=O)c2F)c(F)c1-n1c(C)cc([C@@H]2CC2c2ccc(F)c(C(C)(C)O)c2)c(Cl)c1=O. The molecule has 5 rings (SSSR count). The molecule has 0 saturated heterocycles. The second-order valence-electron chi connectivity index (χ2n) is 11.3. The molecule has 42 heavy (non-hydrogen) atoms. The Bertz CT molecular complexity index is 1930. The number of sulfone groups is 1. The van der Waals surface area contributed by atoms with Gasteiger partial charge in [-0.2, -0.15) is 0 Å². The number of hydrogen-bond donors (Lipinski definition) is 1. The van der Waals surface area contributed by atoms with Crippen LogP contribution in [0.15, 0.2) is 58.4 Å². The predicted molar refractivity (Wildman–Crippen MR) is 155 cm³/mol. The fourth-order valence-corrected chi connectivity index (χ4v) is 6.48. The van der Waals surface area contributed by atoms with Crippen molar-refractivity contribution in [3.05, 3.63) is 109 Å². The lowest BCUT2D eigenvalue weighted by molar-refractivity contribution is 0.0744. The highest BCUT2D eigenvalue weighted by atomic mass is 35.5. The predicted octanol–water partition coefficient (Wildman–Crippen LogP) is 6.49. The average molecular weight is 617 g/mol. The third-order valence-electron chi connectivity index (χ3n) is 7.65. The van der Waals surface area contributed by atoms with E-state index in [1.807, 2.05) is 0 Å². The van der Waals surface area contributed by atoms with Crippen molar-refractivity contribution in [2.45, 2.75) is 56.4 Å². The van der Waals surface area contributed by atoms with Gasteiger partial charge < -0.3 is 5.11 Å². The lowest BCUT2D eigenvalue weighted by Crippen LogP contribution is -2.24. The van der Waals surface area contributed by atoms with Gasteiger partial charge in [0.2, 0.25) is 0 Å². The van der Waals surface area contributed by atoms with Crippen molar-refractivity contribution in [2.24, 2.45) is 0 Å². The second kappa shape index (κ2) is 10.4. The summed E-state index contributed by atoms with van der Waals surface area (Å²) in [7, 11) is -3.94. The van der Waals surface area contributed by atoms with Gasteiger partial charge in [-0.25, -0.2) is 21.6 Å². The zero-order chi connectivity index (χ0) is 30.9. The van der Waals surface area contributed by atoms with Gasteiger partial charge in [-0.1, -0.05) is 23.7 Å². The van der Waals surface area contributed by atoms with E-state index in [0.29, 0.717) is 17.7 Å². The van der Waals surface area contributed by atoms with E-state index in [2.05, 4.69) is 4.98 Å². The van der Waals surface area contributed by atoms with E-state index in [9.17, 15) is 22.7 Å². The highest BCUT2D eigenvalue weighted by Gasteiger charge is 2.42. The van der Waals surface area contributed by atoms with Crippen molar-refractivity contribution in [3.63, 3.8) is 0 Å². The molecule has 0 spiro atoms. The molecule has 220 valence electrons. The highest BCUT2D eigenvalue weighted by Crippen LogP contribution is 2.56. The van der Waals surface area contributed by atoms with Gasteiger partial charge in [0.1, 0.15) is 21.4 Å². The third-order valence-corrected chi connectivity index (χ3v) is 9.14. The molecule has 1 fully saturated rings. The van der Waals surface area contributed by atoms with Crippen LogP contribution in [-0.2, 0) is 15.4 Å². The third kappa shape index (κ3) is 5.16. The Morgan fingerprint density at radius 1 is 1.05 bits per heavy atom. The Kier molecular flexibility index (Phi) is 7.40. The smallest absolute Gasteiger partial charge is 0.274 e. The Morgan fingerprint density at radius 3 is 2.38 bits per heavy atom. The summed E-state index contributed by atoms with van der Waals surface area (Å²) in [5.41, 5.74) is -0.878. The van der Waals surface area contributed by atoms with Crippen LogP contribution in [-0.4, -0.2) is 29.3 Å². The first-order chi connectivity index (χ1) is 19.5. The van der Waals surface area contributed by atoms with Crippen LogP contribution in [0.3, 0.4) is 0 Å². The van der Waals surface area contributed by atoms with Crippen molar-refractivity contribution >= 4 is 21.4 Å². The fraction of sp³-hybridized carbons (Fsp3) is 0.290. The normalized spacial score (nSPS) is 17.0. The number of halogens is 4. The number of hydrogen-bond acceptors (Lipinski definition) is 5. The highest BCUT2D eigenvalue weighted by molar-refractivity contribution is 7.90. The minimum absolute atomic E-state index is 0.0602. The molecule has 0 aliphatic heterocycles. The number of aryl methyl sites for hydroxylation is 2. The number of benzene rings is 2. The zero-order valence-electron chi connectivity index (χ0n) is 23.5. The molecular formula is C31H28ClF3N2O4S.